The number of hydrogen-bond acceptors (Lipinski definition) is 2. The number of nitrogens with two attached hydrogens (primary N) is 1. The molecule has 0 amide bonds. The molecular weight excluding hydrogens is 386 g/mol. The van der Waals surface area contributed by atoms with E-state index < -0.39 is 0 Å². The number of anilines is 1. The molecule has 3 rings (SSSR count). The van der Waals surface area contributed by atoms with Gasteiger partial charge in [-0.25, -0.2) is 0 Å². The van der Waals surface area contributed by atoms with Gasteiger partial charge in [0.25, 0.3) is 0 Å². The van der Waals surface area contributed by atoms with E-state index >= 15 is 0 Å². The second-order valence-corrected chi connectivity index (χ2v) is 4.39. The first-order valence-corrected chi connectivity index (χ1v) is 8.58. The molecule has 1 heterocycles. The van der Waals surface area contributed by atoms with Crippen LogP contribution >= 0.6 is 9.53 Å². The maximum absolute atomic E-state index is 5.83. The number of hydrogen-bond donors (Lipinski definition) is 1. The van der Waals surface area contributed by atoms with E-state index in [2.05, 4.69) is 38.8 Å². The van der Waals surface area contributed by atoms with Gasteiger partial charge in [-0.2, -0.15) is 0 Å². The number of benzene rings is 2. The molecule has 2 N–H and O–H groups in total. The molecule has 2 aromatic carbocycles. The van der Waals surface area contributed by atoms with Crippen molar-refractivity contribution in [3.05, 3.63) is 84.7 Å². The van der Waals surface area contributed by atoms with Crippen molar-refractivity contribution in [1.82, 2.24) is 4.98 Å². The molecule has 22 heavy (non-hydrogen) atoms. The summed E-state index contributed by atoms with van der Waals surface area (Å²) in [6, 6.07) is 22.7. The minimum atomic E-state index is 0.796. The van der Waals surface area contributed by atoms with Crippen molar-refractivity contribution in [1.29, 1.82) is 0 Å². The predicted octanol–water partition coefficient (Wildman–Crippen LogP) is 4.81. The quantitative estimate of drug-likeness (QED) is 0.360. The molecule has 3 aromatic rings. The predicted molar refractivity (Wildman–Crippen MR) is 90.0 cm³/mol. The number of nitrogen functional groups attached to an aromatic ring is 1. The molecule has 0 atom stereocenters. The van der Waals surface area contributed by atoms with Gasteiger partial charge in [0.05, 0.1) is 0 Å². The van der Waals surface area contributed by atoms with Gasteiger partial charge in [0.1, 0.15) is 0 Å². The van der Waals surface area contributed by atoms with Crippen LogP contribution < -0.4 is 5.73 Å². The number of halogens is 1. The molecule has 0 aliphatic heterocycles. The maximum atomic E-state index is 5.83. The second-order valence-electron chi connectivity index (χ2n) is 4.39. The number of aromatic nitrogens is 1. The van der Waals surface area contributed by atoms with Crippen LogP contribution in [0.5, 0.6) is 0 Å². The van der Waals surface area contributed by atoms with Crippen LogP contribution in [0.15, 0.2) is 73.1 Å². The standard InChI is InChI=1S/C12H10N.C6H7N.ClH.Pd/c13-12-9-5-4-8-11(12)10-6-2-1-3-7-10;1-6-2-4-7-5-3-6;;/h1-6,8-9H,13H2;2-5H,1H3;1H;/q-1;;;+2/p-1. The third-order valence-corrected chi connectivity index (χ3v) is 2.81. The van der Waals surface area contributed by atoms with Crippen LogP contribution in [0, 0.1) is 13.0 Å². The van der Waals surface area contributed by atoms with E-state index in [4.69, 9.17) is 5.73 Å². The Morgan fingerprint density at radius 1 is 0.955 bits per heavy atom. The first-order valence-electron chi connectivity index (χ1n) is 6.57. The van der Waals surface area contributed by atoms with Crippen molar-refractivity contribution >= 4 is 15.2 Å². The van der Waals surface area contributed by atoms with Crippen LogP contribution in [-0.2, 0) is 18.2 Å². The Morgan fingerprint density at radius 3 is 2.09 bits per heavy atom. The van der Waals surface area contributed by atoms with Gasteiger partial charge in [-0.1, -0.05) is 23.8 Å². The molecule has 0 unspecified atom stereocenters. The van der Waals surface area contributed by atoms with Crippen LogP contribution in [-0.4, -0.2) is 4.98 Å². The van der Waals surface area contributed by atoms with Crippen molar-refractivity contribution in [2.24, 2.45) is 0 Å². The molecular formula is C18H17ClN2Pd. The summed E-state index contributed by atoms with van der Waals surface area (Å²) >= 11 is 2.22. The van der Waals surface area contributed by atoms with E-state index in [1.165, 1.54) is 5.56 Å². The molecule has 0 fully saturated rings. The van der Waals surface area contributed by atoms with Crippen LogP contribution in [0.3, 0.4) is 0 Å². The monoisotopic (exact) mass is 402 g/mol. The fourth-order valence-corrected chi connectivity index (χ4v) is 1.73. The van der Waals surface area contributed by atoms with Gasteiger partial charge in [0, 0.05) is 12.4 Å². The van der Waals surface area contributed by atoms with Gasteiger partial charge in [-0.05, 0) is 36.4 Å². The molecule has 4 heteroatoms. The van der Waals surface area contributed by atoms with Gasteiger partial charge >= 0.3 is 27.7 Å². The average molecular weight is 403 g/mol. The topological polar surface area (TPSA) is 38.9 Å². The average Bonchev–Trinajstić information content (AvgIpc) is 2.59. The van der Waals surface area contributed by atoms with Gasteiger partial charge in [-0.15, -0.1) is 35.9 Å². The zero-order chi connectivity index (χ0) is 16.2. The number of rotatable bonds is 1. The summed E-state index contributed by atoms with van der Waals surface area (Å²) < 4.78 is 0. The van der Waals surface area contributed by atoms with Gasteiger partial charge in [0.15, 0.2) is 0 Å². The van der Waals surface area contributed by atoms with Crippen LogP contribution in [0.1, 0.15) is 5.56 Å². The van der Waals surface area contributed by atoms with E-state index in [1.807, 2.05) is 67.6 Å². The Bertz CT molecular complexity index is 646. The zero-order valence-corrected chi connectivity index (χ0v) is 14.5. The normalized spacial score (nSPS) is 8.91. The molecule has 2 nitrogen and oxygen atoms in total. The summed E-state index contributed by atoms with van der Waals surface area (Å²) in [6.07, 6.45) is 3.57. The van der Waals surface area contributed by atoms with Crippen molar-refractivity contribution < 1.29 is 18.2 Å². The van der Waals surface area contributed by atoms with Crippen molar-refractivity contribution in [3.8, 4) is 11.1 Å². The summed E-state index contributed by atoms with van der Waals surface area (Å²) in [7, 11) is 4.49. The Balaban J connectivity index is 0.000000228. The van der Waals surface area contributed by atoms with Crippen LogP contribution in [0.25, 0.3) is 11.1 Å². The molecule has 0 spiro atoms. The van der Waals surface area contributed by atoms with Crippen molar-refractivity contribution in [2.75, 3.05) is 5.73 Å². The van der Waals surface area contributed by atoms with E-state index in [0.29, 0.717) is 0 Å². The van der Waals surface area contributed by atoms with Crippen LogP contribution in [0.2, 0.25) is 0 Å². The SMILES string of the molecule is Cc1ccncc1.Nc1ccccc1-c1[c-]cccc1.[Cl][Pd+]. The molecule has 0 bridgehead atoms. The van der Waals surface area contributed by atoms with Crippen molar-refractivity contribution in [2.45, 2.75) is 6.92 Å². The molecule has 116 valence electrons. The molecule has 0 saturated heterocycles. The Hall–Kier alpha value is -1.66. The molecule has 0 aliphatic rings. The summed E-state index contributed by atoms with van der Waals surface area (Å²) in [4.78, 5) is 3.85. The van der Waals surface area contributed by atoms with Gasteiger partial charge < -0.3 is 5.73 Å². The summed E-state index contributed by atoms with van der Waals surface area (Å²) in [5.74, 6) is 0. The first-order chi connectivity index (χ1) is 10.8. The Kier molecular flexibility index (Phi) is 9.18. The molecule has 0 saturated carbocycles. The van der Waals surface area contributed by atoms with Gasteiger partial charge in [-0.3, -0.25) is 4.98 Å². The summed E-state index contributed by atoms with van der Waals surface area (Å²) in [5, 5.41) is 0. The number of pyridine rings is 1. The number of para-hydroxylation sites is 1. The third-order valence-electron chi connectivity index (χ3n) is 2.81. The molecule has 1 aromatic heterocycles. The first kappa shape index (κ1) is 18.4. The Labute approximate surface area is 146 Å². The van der Waals surface area contributed by atoms with Crippen LogP contribution in [0.4, 0.5) is 5.69 Å². The van der Waals surface area contributed by atoms with E-state index in [-0.39, 0.29) is 0 Å². The van der Waals surface area contributed by atoms with E-state index in [0.717, 1.165) is 16.8 Å². The molecule has 0 aliphatic carbocycles. The molecule has 0 radical (unpaired) electrons. The van der Waals surface area contributed by atoms with Gasteiger partial charge in [0.2, 0.25) is 0 Å². The van der Waals surface area contributed by atoms with E-state index in [9.17, 15) is 0 Å². The fourth-order valence-electron chi connectivity index (χ4n) is 1.73. The second kappa shape index (κ2) is 11.0. The minimum absolute atomic E-state index is 0.796. The Morgan fingerprint density at radius 2 is 1.59 bits per heavy atom. The zero-order valence-electron chi connectivity index (χ0n) is 12.1. The number of nitrogens with zero attached hydrogens (tertiary/aromatic N) is 1. The fraction of sp³-hybridized carbons (Fsp3) is 0.0556. The number of aryl methyl sites for hydroxylation is 1. The third kappa shape index (κ3) is 6.41. The van der Waals surface area contributed by atoms with E-state index in [1.54, 1.807) is 12.4 Å². The summed E-state index contributed by atoms with van der Waals surface area (Å²) in [6.45, 7) is 2.04. The summed E-state index contributed by atoms with van der Waals surface area (Å²) in [5.41, 5.74) is 9.97. The van der Waals surface area contributed by atoms with Crippen molar-refractivity contribution in [3.63, 3.8) is 0 Å².